The van der Waals surface area contributed by atoms with Crippen LogP contribution in [0.5, 0.6) is 0 Å². The topological polar surface area (TPSA) is 40.5 Å². The minimum atomic E-state index is -1.08. The van der Waals surface area contributed by atoms with Crippen LogP contribution >= 0.6 is 11.8 Å². The van der Waals surface area contributed by atoms with E-state index in [1.54, 1.807) is 11.8 Å². The van der Waals surface area contributed by atoms with Crippen LogP contribution in [0.2, 0.25) is 0 Å². The van der Waals surface area contributed by atoms with Crippen molar-refractivity contribution >= 4 is 17.7 Å². The van der Waals surface area contributed by atoms with E-state index in [4.69, 9.17) is 0 Å². The van der Waals surface area contributed by atoms with Crippen molar-refractivity contribution in [2.75, 3.05) is 24.6 Å². The average Bonchev–Trinajstić information content (AvgIpc) is 2.87. The molecule has 1 amide bonds. The lowest BCUT2D eigenvalue weighted by Crippen LogP contribution is -2.54. The normalized spacial score (nSPS) is 38.9. The molecule has 2 aliphatic heterocycles. The Morgan fingerprint density at radius 1 is 1.26 bits per heavy atom. The molecule has 2 unspecified atom stereocenters. The van der Waals surface area contributed by atoms with Crippen LogP contribution in [0.1, 0.15) is 38.5 Å². The molecule has 0 bridgehead atoms. The van der Waals surface area contributed by atoms with Gasteiger partial charge in [-0.1, -0.05) is 12.2 Å². The fourth-order valence-corrected chi connectivity index (χ4v) is 4.94. The molecule has 106 valence electrons. The largest absolute Gasteiger partial charge is 0.379 e. The van der Waals surface area contributed by atoms with Crippen molar-refractivity contribution in [2.45, 2.75) is 44.1 Å². The standard InChI is InChI=1S/C15H23NO2S/c17-13(15(18)8-10-19-12-15)16-9-4-7-14(11-16)5-2-1-3-6-14/h1-2,18H,3-12H2. The molecule has 1 spiro atoms. The van der Waals surface area contributed by atoms with Crippen molar-refractivity contribution in [1.29, 1.82) is 0 Å². The molecule has 0 radical (unpaired) electrons. The van der Waals surface area contributed by atoms with Crippen LogP contribution in [0, 0.1) is 5.41 Å². The Morgan fingerprint density at radius 2 is 2.16 bits per heavy atom. The molecule has 2 heterocycles. The first-order valence-electron chi connectivity index (χ1n) is 7.38. The number of nitrogens with zero attached hydrogens (tertiary/aromatic N) is 1. The van der Waals surface area contributed by atoms with E-state index < -0.39 is 5.60 Å². The first-order chi connectivity index (χ1) is 9.14. The van der Waals surface area contributed by atoms with Crippen LogP contribution in [0.4, 0.5) is 0 Å². The molecule has 0 saturated carbocycles. The van der Waals surface area contributed by atoms with Crippen LogP contribution in [0.25, 0.3) is 0 Å². The second kappa shape index (κ2) is 5.13. The number of likely N-dealkylation sites (tertiary alicyclic amines) is 1. The van der Waals surface area contributed by atoms with Crippen LogP contribution in [0.3, 0.4) is 0 Å². The van der Waals surface area contributed by atoms with Gasteiger partial charge in [0.15, 0.2) is 5.60 Å². The van der Waals surface area contributed by atoms with Gasteiger partial charge in [-0.05, 0) is 49.7 Å². The quantitative estimate of drug-likeness (QED) is 0.749. The molecule has 3 nitrogen and oxygen atoms in total. The summed E-state index contributed by atoms with van der Waals surface area (Å²) in [5, 5.41) is 10.5. The van der Waals surface area contributed by atoms with E-state index in [1.165, 1.54) is 12.8 Å². The summed E-state index contributed by atoms with van der Waals surface area (Å²) in [4.78, 5) is 14.5. The molecule has 2 fully saturated rings. The summed E-state index contributed by atoms with van der Waals surface area (Å²) < 4.78 is 0. The molecule has 0 aromatic rings. The van der Waals surface area contributed by atoms with Crippen LogP contribution in [0.15, 0.2) is 12.2 Å². The Kier molecular flexibility index (Phi) is 3.65. The van der Waals surface area contributed by atoms with Gasteiger partial charge in [0.1, 0.15) is 0 Å². The third-order valence-electron chi connectivity index (χ3n) is 4.91. The fourth-order valence-electron chi connectivity index (χ4n) is 3.71. The Labute approximate surface area is 119 Å². The van der Waals surface area contributed by atoms with Crippen molar-refractivity contribution in [3.05, 3.63) is 12.2 Å². The maximum Gasteiger partial charge on any atom is 0.255 e. The monoisotopic (exact) mass is 281 g/mol. The zero-order valence-electron chi connectivity index (χ0n) is 11.4. The van der Waals surface area contributed by atoms with Gasteiger partial charge in [0.2, 0.25) is 0 Å². The lowest BCUT2D eigenvalue weighted by atomic mass is 9.71. The highest BCUT2D eigenvalue weighted by molar-refractivity contribution is 7.99. The van der Waals surface area contributed by atoms with Crippen molar-refractivity contribution < 1.29 is 9.90 Å². The third kappa shape index (κ3) is 2.57. The number of amides is 1. The predicted octanol–water partition coefficient (Wildman–Crippen LogP) is 2.20. The smallest absolute Gasteiger partial charge is 0.255 e. The van der Waals surface area contributed by atoms with E-state index >= 15 is 0 Å². The summed E-state index contributed by atoms with van der Waals surface area (Å²) in [7, 11) is 0. The third-order valence-corrected chi connectivity index (χ3v) is 6.08. The number of hydrogen-bond acceptors (Lipinski definition) is 3. The Bertz CT molecular complexity index is 390. The number of carbonyl (C=O) groups is 1. The Hall–Kier alpha value is -0.480. The zero-order chi connectivity index (χ0) is 13.3. The maximum atomic E-state index is 12.6. The Morgan fingerprint density at radius 3 is 2.84 bits per heavy atom. The second-order valence-corrected chi connectivity index (χ2v) is 7.48. The molecule has 1 N–H and O–H groups in total. The van der Waals surface area contributed by atoms with E-state index in [-0.39, 0.29) is 5.91 Å². The van der Waals surface area contributed by atoms with Gasteiger partial charge in [-0.3, -0.25) is 4.79 Å². The van der Waals surface area contributed by atoms with E-state index in [0.717, 1.165) is 38.1 Å². The van der Waals surface area contributed by atoms with E-state index in [1.807, 2.05) is 4.90 Å². The lowest BCUT2D eigenvalue weighted by molar-refractivity contribution is -0.152. The van der Waals surface area contributed by atoms with Crippen molar-refractivity contribution in [1.82, 2.24) is 4.90 Å². The average molecular weight is 281 g/mol. The van der Waals surface area contributed by atoms with Gasteiger partial charge in [0.25, 0.3) is 5.91 Å². The van der Waals surface area contributed by atoms with E-state index in [2.05, 4.69) is 12.2 Å². The number of piperidine rings is 1. The number of hydrogen-bond donors (Lipinski definition) is 1. The van der Waals surface area contributed by atoms with Gasteiger partial charge >= 0.3 is 0 Å². The number of aliphatic hydroxyl groups is 1. The van der Waals surface area contributed by atoms with Gasteiger partial charge in [0, 0.05) is 18.8 Å². The van der Waals surface area contributed by atoms with Crippen molar-refractivity contribution in [3.8, 4) is 0 Å². The summed E-state index contributed by atoms with van der Waals surface area (Å²) in [6, 6.07) is 0. The molecule has 4 heteroatoms. The summed E-state index contributed by atoms with van der Waals surface area (Å²) in [5.41, 5.74) is -0.779. The minimum absolute atomic E-state index is 0.00821. The van der Waals surface area contributed by atoms with Crippen LogP contribution in [-0.4, -0.2) is 46.1 Å². The number of rotatable bonds is 1. The molecule has 3 aliphatic rings. The molecule has 1 aliphatic carbocycles. The first-order valence-corrected chi connectivity index (χ1v) is 8.54. The van der Waals surface area contributed by atoms with Gasteiger partial charge in [-0.15, -0.1) is 0 Å². The zero-order valence-corrected chi connectivity index (χ0v) is 12.3. The molecule has 2 saturated heterocycles. The van der Waals surface area contributed by atoms with Gasteiger partial charge < -0.3 is 10.0 Å². The van der Waals surface area contributed by atoms with Crippen molar-refractivity contribution in [3.63, 3.8) is 0 Å². The molecule has 2 atom stereocenters. The second-order valence-electron chi connectivity index (χ2n) is 6.38. The fraction of sp³-hybridized carbons (Fsp3) is 0.800. The Balaban J connectivity index is 1.71. The number of carbonyl (C=O) groups excluding carboxylic acids is 1. The molecular weight excluding hydrogens is 258 g/mol. The molecule has 3 rings (SSSR count). The highest BCUT2D eigenvalue weighted by Gasteiger charge is 2.45. The molecule has 0 aromatic carbocycles. The minimum Gasteiger partial charge on any atom is -0.379 e. The highest BCUT2D eigenvalue weighted by Crippen LogP contribution is 2.42. The van der Waals surface area contributed by atoms with Crippen LogP contribution in [-0.2, 0) is 4.79 Å². The van der Waals surface area contributed by atoms with E-state index in [9.17, 15) is 9.90 Å². The molecular formula is C15H23NO2S. The van der Waals surface area contributed by atoms with Gasteiger partial charge in [-0.2, -0.15) is 11.8 Å². The predicted molar refractivity (Wildman–Crippen MR) is 78.1 cm³/mol. The summed E-state index contributed by atoms with van der Waals surface area (Å²) in [5.74, 6) is 1.48. The molecule has 0 aromatic heterocycles. The number of allylic oxidation sites excluding steroid dienone is 2. The summed E-state index contributed by atoms with van der Waals surface area (Å²) >= 11 is 1.69. The SMILES string of the molecule is O=C(N1CCCC2(CC=CCC2)C1)C1(O)CCSC1. The highest BCUT2D eigenvalue weighted by atomic mass is 32.2. The first kappa shape index (κ1) is 13.5. The summed E-state index contributed by atoms with van der Waals surface area (Å²) in [6.45, 7) is 1.68. The number of thioether (sulfide) groups is 1. The van der Waals surface area contributed by atoms with E-state index in [0.29, 0.717) is 17.6 Å². The molecule has 19 heavy (non-hydrogen) atoms. The van der Waals surface area contributed by atoms with Crippen molar-refractivity contribution in [2.24, 2.45) is 5.41 Å². The van der Waals surface area contributed by atoms with Crippen LogP contribution < -0.4 is 0 Å². The van der Waals surface area contributed by atoms with Gasteiger partial charge in [-0.25, -0.2) is 0 Å². The maximum absolute atomic E-state index is 12.6. The van der Waals surface area contributed by atoms with Gasteiger partial charge in [0.05, 0.1) is 0 Å². The lowest BCUT2D eigenvalue weighted by Gasteiger charge is -2.45. The summed E-state index contributed by atoms with van der Waals surface area (Å²) in [6.07, 6.45) is 10.9.